The second-order valence-electron chi connectivity index (χ2n) is 6.46. The summed E-state index contributed by atoms with van der Waals surface area (Å²) in [5, 5.41) is 0. The van der Waals surface area contributed by atoms with E-state index >= 15 is 0 Å². The monoisotopic (exact) mass is 285 g/mol. The molecule has 4 nitrogen and oxygen atoms in total. The minimum absolute atomic E-state index is 0.0653. The molecule has 0 saturated carbocycles. The lowest BCUT2D eigenvalue weighted by atomic mass is 9.93. The molecule has 0 fully saturated rings. The Morgan fingerprint density at radius 2 is 1.50 bits per heavy atom. The molecule has 0 aromatic carbocycles. The topological polar surface area (TPSA) is 49.6 Å². The molecule has 0 aliphatic rings. The van der Waals surface area contributed by atoms with Crippen LogP contribution in [0.2, 0.25) is 0 Å². The van der Waals surface area contributed by atoms with Gasteiger partial charge in [-0.25, -0.2) is 0 Å². The minimum Gasteiger partial charge on any atom is -0.342 e. The van der Waals surface area contributed by atoms with E-state index in [4.69, 9.17) is 5.73 Å². The van der Waals surface area contributed by atoms with Gasteiger partial charge >= 0.3 is 0 Å². The quantitative estimate of drug-likeness (QED) is 0.634. The van der Waals surface area contributed by atoms with E-state index in [1.807, 2.05) is 4.90 Å². The highest BCUT2D eigenvalue weighted by molar-refractivity contribution is 5.78. The van der Waals surface area contributed by atoms with Crippen molar-refractivity contribution in [2.24, 2.45) is 11.1 Å². The first-order valence-electron chi connectivity index (χ1n) is 8.10. The number of nitrogens with two attached hydrogens (primary N) is 1. The van der Waals surface area contributed by atoms with Gasteiger partial charge in [-0.1, -0.05) is 34.6 Å². The summed E-state index contributed by atoms with van der Waals surface area (Å²) in [4.78, 5) is 16.7. The van der Waals surface area contributed by atoms with E-state index in [1.54, 1.807) is 0 Å². The van der Waals surface area contributed by atoms with Gasteiger partial charge in [-0.15, -0.1) is 0 Å². The second kappa shape index (κ2) is 10.2. The number of amides is 1. The van der Waals surface area contributed by atoms with Crippen LogP contribution >= 0.6 is 0 Å². The predicted octanol–water partition coefficient (Wildman–Crippen LogP) is 2.33. The third-order valence-electron chi connectivity index (χ3n) is 3.44. The summed E-state index contributed by atoms with van der Waals surface area (Å²) in [7, 11) is 0. The lowest BCUT2D eigenvalue weighted by molar-refractivity contribution is -0.132. The second-order valence-corrected chi connectivity index (χ2v) is 6.46. The number of carbonyl (C=O) groups is 1. The van der Waals surface area contributed by atoms with E-state index in [2.05, 4.69) is 39.5 Å². The van der Waals surface area contributed by atoms with Crippen LogP contribution in [0.5, 0.6) is 0 Å². The third kappa shape index (κ3) is 7.85. The average molecular weight is 285 g/mol. The van der Waals surface area contributed by atoms with Gasteiger partial charge in [0.2, 0.25) is 5.91 Å². The van der Waals surface area contributed by atoms with Gasteiger partial charge in [-0.05, 0) is 37.8 Å². The Morgan fingerprint density at radius 3 is 1.90 bits per heavy atom. The molecule has 1 amide bonds. The summed E-state index contributed by atoms with van der Waals surface area (Å²) in [5.74, 6) is 0.259. The van der Waals surface area contributed by atoms with Crippen molar-refractivity contribution < 1.29 is 4.79 Å². The first kappa shape index (κ1) is 19.4. The van der Waals surface area contributed by atoms with Gasteiger partial charge in [0.25, 0.3) is 0 Å². The number of rotatable bonds is 11. The fraction of sp³-hybridized carbons (Fsp3) is 0.938. The summed E-state index contributed by atoms with van der Waals surface area (Å²) in [6.07, 6.45) is 3.11. The molecule has 0 rings (SSSR count). The third-order valence-corrected chi connectivity index (χ3v) is 3.44. The molecular formula is C16H35N3O. The van der Waals surface area contributed by atoms with E-state index in [9.17, 15) is 4.79 Å². The van der Waals surface area contributed by atoms with Crippen molar-refractivity contribution in [3.8, 4) is 0 Å². The Labute approximate surface area is 125 Å². The van der Waals surface area contributed by atoms with Gasteiger partial charge in [0.05, 0.1) is 6.54 Å². The van der Waals surface area contributed by atoms with E-state index in [0.29, 0.717) is 13.1 Å². The molecule has 4 heteroatoms. The molecule has 0 aliphatic heterocycles. The zero-order valence-electron chi connectivity index (χ0n) is 14.2. The van der Waals surface area contributed by atoms with Crippen molar-refractivity contribution in [2.75, 3.05) is 39.3 Å². The van der Waals surface area contributed by atoms with E-state index in [-0.39, 0.29) is 11.3 Å². The Hall–Kier alpha value is -0.610. The van der Waals surface area contributed by atoms with Gasteiger partial charge < -0.3 is 10.6 Å². The smallest absolute Gasteiger partial charge is 0.236 e. The maximum absolute atomic E-state index is 12.4. The van der Waals surface area contributed by atoms with Crippen LogP contribution in [0.15, 0.2) is 0 Å². The lowest BCUT2D eigenvalue weighted by Crippen LogP contribution is -2.45. The van der Waals surface area contributed by atoms with Crippen LogP contribution in [-0.4, -0.2) is 55.0 Å². The van der Waals surface area contributed by atoms with E-state index in [0.717, 1.165) is 45.4 Å². The molecule has 0 bridgehead atoms. The molecule has 0 spiro atoms. The first-order valence-corrected chi connectivity index (χ1v) is 8.10. The van der Waals surface area contributed by atoms with Crippen molar-refractivity contribution in [2.45, 2.75) is 53.9 Å². The molecule has 0 heterocycles. The fourth-order valence-corrected chi connectivity index (χ4v) is 2.39. The first-order chi connectivity index (χ1) is 9.40. The molecule has 0 aromatic heterocycles. The lowest BCUT2D eigenvalue weighted by Gasteiger charge is -2.33. The minimum atomic E-state index is 0.0653. The van der Waals surface area contributed by atoms with Crippen molar-refractivity contribution >= 4 is 5.91 Å². The van der Waals surface area contributed by atoms with Gasteiger partial charge in [-0.2, -0.15) is 0 Å². The maximum Gasteiger partial charge on any atom is 0.236 e. The number of carbonyl (C=O) groups excluding carboxylic acids is 1. The molecule has 20 heavy (non-hydrogen) atoms. The summed E-state index contributed by atoms with van der Waals surface area (Å²) < 4.78 is 0. The van der Waals surface area contributed by atoms with Crippen LogP contribution < -0.4 is 5.73 Å². The molecule has 0 aromatic rings. The highest BCUT2D eigenvalue weighted by atomic mass is 16.2. The number of nitrogens with zero attached hydrogens (tertiary/aromatic N) is 2. The SMILES string of the molecule is CCCN(CC(=O)N(CCC)CCC)CC(C)(C)CN. The zero-order valence-corrected chi connectivity index (χ0v) is 14.2. The fourth-order valence-electron chi connectivity index (χ4n) is 2.39. The Balaban J connectivity index is 4.58. The van der Waals surface area contributed by atoms with Crippen molar-refractivity contribution in [3.63, 3.8) is 0 Å². The Kier molecular flexibility index (Phi) is 9.86. The molecule has 0 saturated heterocycles. The van der Waals surface area contributed by atoms with Crippen LogP contribution in [0.25, 0.3) is 0 Å². The van der Waals surface area contributed by atoms with Gasteiger partial charge in [-0.3, -0.25) is 9.69 Å². The zero-order chi connectivity index (χ0) is 15.6. The largest absolute Gasteiger partial charge is 0.342 e. The summed E-state index contributed by atoms with van der Waals surface area (Å²) in [6, 6.07) is 0. The Morgan fingerprint density at radius 1 is 1.00 bits per heavy atom. The summed E-state index contributed by atoms with van der Waals surface area (Å²) in [6.45, 7) is 15.5. The van der Waals surface area contributed by atoms with Crippen LogP contribution in [0.4, 0.5) is 0 Å². The van der Waals surface area contributed by atoms with Gasteiger partial charge in [0.15, 0.2) is 0 Å². The normalized spacial score (nSPS) is 11.9. The highest BCUT2D eigenvalue weighted by Gasteiger charge is 2.23. The van der Waals surface area contributed by atoms with Gasteiger partial charge in [0, 0.05) is 19.6 Å². The van der Waals surface area contributed by atoms with Crippen molar-refractivity contribution in [1.29, 1.82) is 0 Å². The van der Waals surface area contributed by atoms with Crippen molar-refractivity contribution in [3.05, 3.63) is 0 Å². The van der Waals surface area contributed by atoms with Crippen LogP contribution in [0.3, 0.4) is 0 Å². The standard InChI is InChI=1S/C16H35N3O/c1-6-9-18(14-16(4,5)13-17)12-15(20)19(10-7-2)11-8-3/h6-14,17H2,1-5H3. The molecule has 0 atom stereocenters. The van der Waals surface area contributed by atoms with Crippen LogP contribution in [0, 0.1) is 5.41 Å². The molecule has 0 aliphatic carbocycles. The summed E-state index contributed by atoms with van der Waals surface area (Å²) >= 11 is 0. The molecule has 0 radical (unpaired) electrons. The summed E-state index contributed by atoms with van der Waals surface area (Å²) in [5.41, 5.74) is 5.88. The molecular weight excluding hydrogens is 250 g/mol. The molecule has 2 N–H and O–H groups in total. The van der Waals surface area contributed by atoms with Crippen LogP contribution in [0.1, 0.15) is 53.9 Å². The van der Waals surface area contributed by atoms with Gasteiger partial charge in [0.1, 0.15) is 0 Å². The van der Waals surface area contributed by atoms with Crippen molar-refractivity contribution in [1.82, 2.24) is 9.80 Å². The number of hydrogen-bond donors (Lipinski definition) is 1. The number of hydrogen-bond acceptors (Lipinski definition) is 3. The van der Waals surface area contributed by atoms with Crippen LogP contribution in [-0.2, 0) is 4.79 Å². The Bertz CT molecular complexity index is 260. The predicted molar refractivity (Wildman–Crippen MR) is 86.7 cm³/mol. The average Bonchev–Trinajstić information content (AvgIpc) is 2.38. The highest BCUT2D eigenvalue weighted by Crippen LogP contribution is 2.15. The molecule has 120 valence electrons. The van der Waals surface area contributed by atoms with E-state index < -0.39 is 0 Å². The molecule has 0 unspecified atom stereocenters. The van der Waals surface area contributed by atoms with E-state index in [1.165, 1.54) is 0 Å². The maximum atomic E-state index is 12.4.